The van der Waals surface area contributed by atoms with Crippen molar-refractivity contribution < 1.29 is 4.74 Å². The van der Waals surface area contributed by atoms with Crippen molar-refractivity contribution in [2.45, 2.75) is 46.1 Å². The van der Waals surface area contributed by atoms with Crippen LogP contribution in [0.3, 0.4) is 0 Å². The van der Waals surface area contributed by atoms with Gasteiger partial charge in [-0.15, -0.1) is 0 Å². The van der Waals surface area contributed by atoms with E-state index in [0.717, 1.165) is 28.6 Å². The van der Waals surface area contributed by atoms with Crippen molar-refractivity contribution in [2.75, 3.05) is 0 Å². The molecule has 0 amide bonds. The summed E-state index contributed by atoms with van der Waals surface area (Å²) in [7, 11) is 0. The summed E-state index contributed by atoms with van der Waals surface area (Å²) >= 11 is 4.91. The molecule has 1 aliphatic carbocycles. The molecule has 0 aliphatic heterocycles. The first kappa shape index (κ1) is 12.4. The zero-order valence-electron chi connectivity index (χ0n) is 10.00. The van der Waals surface area contributed by atoms with Crippen molar-refractivity contribution >= 4 is 27.3 Å². The second-order valence-electron chi connectivity index (χ2n) is 5.59. The van der Waals surface area contributed by atoms with Gasteiger partial charge in [-0.25, -0.2) is 0 Å². The van der Waals surface area contributed by atoms with Gasteiger partial charge in [0.15, 0.2) is 0 Å². The van der Waals surface area contributed by atoms with Gasteiger partial charge in [0.05, 0.1) is 0 Å². The second kappa shape index (κ2) is 4.65. The SMILES string of the molecule is CC1CC(Oc2nc(Br)cs2)CC(C)(C)C1. The molecule has 0 aromatic carbocycles. The molecular formula is C12H18BrNOS. The van der Waals surface area contributed by atoms with Gasteiger partial charge in [-0.1, -0.05) is 32.1 Å². The average molecular weight is 304 g/mol. The molecule has 2 nitrogen and oxygen atoms in total. The average Bonchev–Trinajstić information content (AvgIpc) is 2.46. The standard InChI is InChI=1S/C12H18BrNOS/c1-8-4-9(6-12(2,3)5-8)15-11-14-10(13)7-16-11/h7-9H,4-6H2,1-3H3. The molecule has 0 N–H and O–H groups in total. The number of hydrogen-bond donors (Lipinski definition) is 0. The predicted molar refractivity (Wildman–Crippen MR) is 71.0 cm³/mol. The van der Waals surface area contributed by atoms with E-state index in [1.165, 1.54) is 6.42 Å². The van der Waals surface area contributed by atoms with Crippen LogP contribution in [0.5, 0.6) is 5.19 Å². The Morgan fingerprint density at radius 1 is 1.50 bits per heavy atom. The highest BCUT2D eigenvalue weighted by molar-refractivity contribution is 9.10. The van der Waals surface area contributed by atoms with Crippen molar-refractivity contribution in [2.24, 2.45) is 11.3 Å². The molecule has 16 heavy (non-hydrogen) atoms. The summed E-state index contributed by atoms with van der Waals surface area (Å²) in [6, 6.07) is 0. The molecule has 90 valence electrons. The molecule has 1 aromatic heterocycles. The highest BCUT2D eigenvalue weighted by Gasteiger charge is 2.33. The molecule has 1 heterocycles. The highest BCUT2D eigenvalue weighted by atomic mass is 79.9. The maximum atomic E-state index is 5.96. The Balaban J connectivity index is 1.99. The summed E-state index contributed by atoms with van der Waals surface area (Å²) in [5, 5.41) is 2.76. The Hall–Kier alpha value is -0.0900. The van der Waals surface area contributed by atoms with Crippen LogP contribution in [0.4, 0.5) is 0 Å². The lowest BCUT2D eigenvalue weighted by molar-refractivity contribution is 0.0560. The molecule has 0 spiro atoms. The number of halogens is 1. The fourth-order valence-electron chi connectivity index (χ4n) is 2.78. The van der Waals surface area contributed by atoms with E-state index in [1.807, 2.05) is 5.38 Å². The van der Waals surface area contributed by atoms with Crippen LogP contribution in [-0.2, 0) is 0 Å². The van der Waals surface area contributed by atoms with Crippen LogP contribution in [0.1, 0.15) is 40.0 Å². The molecule has 2 atom stereocenters. The van der Waals surface area contributed by atoms with Crippen LogP contribution in [0.25, 0.3) is 0 Å². The summed E-state index contributed by atoms with van der Waals surface area (Å²) in [4.78, 5) is 4.29. The Morgan fingerprint density at radius 2 is 2.25 bits per heavy atom. The number of hydrogen-bond acceptors (Lipinski definition) is 3. The number of ether oxygens (including phenoxy) is 1. The summed E-state index contributed by atoms with van der Waals surface area (Å²) in [5.74, 6) is 0.747. The molecule has 4 heteroatoms. The first-order valence-electron chi connectivity index (χ1n) is 5.72. The molecule has 0 radical (unpaired) electrons. The fraction of sp³-hybridized carbons (Fsp3) is 0.750. The van der Waals surface area contributed by atoms with E-state index in [2.05, 4.69) is 41.7 Å². The van der Waals surface area contributed by atoms with E-state index in [4.69, 9.17) is 4.74 Å². The van der Waals surface area contributed by atoms with Crippen molar-refractivity contribution in [3.8, 4) is 5.19 Å². The van der Waals surface area contributed by atoms with Gasteiger partial charge < -0.3 is 4.74 Å². The lowest BCUT2D eigenvalue weighted by Gasteiger charge is -2.38. The largest absolute Gasteiger partial charge is 0.467 e. The molecule has 0 bridgehead atoms. The van der Waals surface area contributed by atoms with E-state index >= 15 is 0 Å². The maximum Gasteiger partial charge on any atom is 0.274 e. The van der Waals surface area contributed by atoms with Crippen molar-refractivity contribution in [1.82, 2.24) is 4.98 Å². The minimum atomic E-state index is 0.330. The van der Waals surface area contributed by atoms with E-state index in [0.29, 0.717) is 11.5 Å². The van der Waals surface area contributed by atoms with E-state index in [-0.39, 0.29) is 0 Å². The van der Waals surface area contributed by atoms with Gasteiger partial charge in [0.1, 0.15) is 10.7 Å². The molecule has 1 saturated carbocycles. The first-order chi connectivity index (χ1) is 7.44. The second-order valence-corrected chi connectivity index (χ2v) is 7.22. The summed E-state index contributed by atoms with van der Waals surface area (Å²) in [6.45, 7) is 6.97. The minimum Gasteiger partial charge on any atom is -0.467 e. The van der Waals surface area contributed by atoms with Crippen LogP contribution >= 0.6 is 27.3 Å². The zero-order chi connectivity index (χ0) is 11.8. The molecular weight excluding hydrogens is 286 g/mol. The summed E-state index contributed by atoms with van der Waals surface area (Å²) in [6.07, 6.45) is 3.92. The topological polar surface area (TPSA) is 22.1 Å². The Bertz CT molecular complexity index is 364. The van der Waals surface area contributed by atoms with Gasteiger partial charge in [-0.2, -0.15) is 4.98 Å². The Labute approximate surface area is 110 Å². The van der Waals surface area contributed by atoms with Crippen LogP contribution in [0.2, 0.25) is 0 Å². The Kier molecular flexibility index (Phi) is 3.59. The maximum absolute atomic E-state index is 5.96. The van der Waals surface area contributed by atoms with Crippen molar-refractivity contribution in [1.29, 1.82) is 0 Å². The molecule has 1 fully saturated rings. The minimum absolute atomic E-state index is 0.330. The zero-order valence-corrected chi connectivity index (χ0v) is 12.4. The van der Waals surface area contributed by atoms with Crippen LogP contribution in [-0.4, -0.2) is 11.1 Å². The monoisotopic (exact) mass is 303 g/mol. The number of nitrogens with zero attached hydrogens (tertiary/aromatic N) is 1. The van der Waals surface area contributed by atoms with Crippen LogP contribution < -0.4 is 4.74 Å². The first-order valence-corrected chi connectivity index (χ1v) is 7.39. The van der Waals surface area contributed by atoms with E-state index < -0.39 is 0 Å². The predicted octanol–water partition coefficient (Wildman–Crippen LogP) is 4.50. The third-order valence-corrected chi connectivity index (χ3v) is 4.51. The lowest BCUT2D eigenvalue weighted by Crippen LogP contribution is -2.34. The van der Waals surface area contributed by atoms with Gasteiger partial charge in [0.2, 0.25) is 0 Å². The summed E-state index contributed by atoms with van der Waals surface area (Å²) < 4.78 is 6.83. The van der Waals surface area contributed by atoms with Crippen molar-refractivity contribution in [3.05, 3.63) is 9.98 Å². The van der Waals surface area contributed by atoms with Crippen molar-refractivity contribution in [3.63, 3.8) is 0 Å². The number of rotatable bonds is 2. The third-order valence-electron chi connectivity index (χ3n) is 3.07. The van der Waals surface area contributed by atoms with Crippen LogP contribution in [0, 0.1) is 11.3 Å². The quantitative estimate of drug-likeness (QED) is 0.802. The fourth-order valence-corrected chi connectivity index (χ4v) is 3.94. The Morgan fingerprint density at radius 3 is 2.81 bits per heavy atom. The number of thiazole rings is 1. The normalized spacial score (nSPS) is 29.0. The smallest absolute Gasteiger partial charge is 0.274 e. The van der Waals surface area contributed by atoms with Gasteiger partial charge in [0.25, 0.3) is 5.19 Å². The van der Waals surface area contributed by atoms with Gasteiger partial charge in [0, 0.05) is 5.38 Å². The van der Waals surface area contributed by atoms with Crippen LogP contribution in [0.15, 0.2) is 9.98 Å². The van der Waals surface area contributed by atoms with Gasteiger partial charge in [-0.3, -0.25) is 0 Å². The molecule has 2 unspecified atom stereocenters. The highest BCUT2D eigenvalue weighted by Crippen LogP contribution is 2.40. The molecule has 2 rings (SSSR count). The molecule has 1 aromatic rings. The van der Waals surface area contributed by atoms with E-state index in [1.54, 1.807) is 11.3 Å². The lowest BCUT2D eigenvalue weighted by atomic mass is 9.71. The van der Waals surface area contributed by atoms with Gasteiger partial charge >= 0.3 is 0 Å². The van der Waals surface area contributed by atoms with Gasteiger partial charge in [-0.05, 0) is 46.5 Å². The summed E-state index contributed by atoms with van der Waals surface area (Å²) in [5.41, 5.74) is 0.400. The third kappa shape index (κ3) is 3.20. The van der Waals surface area contributed by atoms with E-state index in [9.17, 15) is 0 Å². The molecule has 1 aliphatic rings. The number of aromatic nitrogens is 1. The molecule has 0 saturated heterocycles.